The first-order chi connectivity index (χ1) is 5.61. The van der Waals surface area contributed by atoms with Gasteiger partial charge in [-0.05, 0) is 6.92 Å². The molecule has 64 valence electrons. The summed E-state index contributed by atoms with van der Waals surface area (Å²) in [5, 5.41) is 9.23. The van der Waals surface area contributed by atoms with Gasteiger partial charge in [0.2, 0.25) is 6.29 Å². The number of fused-ring (bicyclic) bond motifs is 1. The molecule has 5 nitrogen and oxygen atoms in total. The van der Waals surface area contributed by atoms with E-state index in [-0.39, 0.29) is 11.4 Å². The van der Waals surface area contributed by atoms with Gasteiger partial charge in [0.25, 0.3) is 0 Å². The number of aliphatic hydroxyl groups excluding tert-OH is 1. The number of aromatic amines is 1. The molecule has 0 amide bonds. The number of aliphatic hydroxyl groups is 1. The average Bonchev–Trinajstić information content (AvgIpc) is 2.38. The fraction of sp³-hybridized carbons (Fsp3) is 0.286. The standard InChI is InChI=1S/C7H8N2O3/c1-2-3-4(5(8)9-2)7(11)12-6(3)10/h6,9-10H,8H2,1H3. The topological polar surface area (TPSA) is 88.3 Å². The molecule has 0 aromatic carbocycles. The maximum absolute atomic E-state index is 11.0. The van der Waals surface area contributed by atoms with Gasteiger partial charge in [0.1, 0.15) is 11.4 Å². The zero-order chi connectivity index (χ0) is 8.88. The first-order valence-electron chi connectivity index (χ1n) is 3.48. The summed E-state index contributed by atoms with van der Waals surface area (Å²) in [5.74, 6) is -0.316. The number of hydrogen-bond acceptors (Lipinski definition) is 4. The van der Waals surface area contributed by atoms with Crippen molar-refractivity contribution < 1.29 is 14.6 Å². The average molecular weight is 168 g/mol. The Labute approximate surface area is 68.1 Å². The van der Waals surface area contributed by atoms with Crippen molar-refractivity contribution in [2.24, 2.45) is 0 Å². The lowest BCUT2D eigenvalue weighted by Gasteiger charge is -2.01. The number of anilines is 1. The van der Waals surface area contributed by atoms with E-state index in [2.05, 4.69) is 9.72 Å². The highest BCUT2D eigenvalue weighted by Crippen LogP contribution is 2.34. The summed E-state index contributed by atoms with van der Waals surface area (Å²) < 4.78 is 4.55. The first kappa shape index (κ1) is 7.17. The summed E-state index contributed by atoms with van der Waals surface area (Å²) in [4.78, 5) is 13.8. The third-order valence-electron chi connectivity index (χ3n) is 1.93. The molecule has 5 heteroatoms. The Hall–Kier alpha value is -1.49. The summed E-state index contributed by atoms with van der Waals surface area (Å²) in [6, 6.07) is 0. The number of cyclic esters (lactones) is 1. The highest BCUT2D eigenvalue weighted by molar-refractivity contribution is 5.99. The Morgan fingerprint density at radius 2 is 2.33 bits per heavy atom. The Morgan fingerprint density at radius 1 is 1.67 bits per heavy atom. The van der Waals surface area contributed by atoms with Crippen LogP contribution in [0.5, 0.6) is 0 Å². The highest BCUT2D eigenvalue weighted by atomic mass is 16.6. The minimum Gasteiger partial charge on any atom is -0.428 e. The van der Waals surface area contributed by atoms with Crippen molar-refractivity contribution >= 4 is 11.8 Å². The van der Waals surface area contributed by atoms with Gasteiger partial charge in [0, 0.05) is 5.69 Å². The van der Waals surface area contributed by atoms with Crippen molar-refractivity contribution in [1.29, 1.82) is 0 Å². The third kappa shape index (κ3) is 0.683. The maximum atomic E-state index is 11.0. The Bertz CT molecular complexity index is 356. The zero-order valence-electron chi connectivity index (χ0n) is 6.42. The number of nitrogens with one attached hydrogen (secondary N) is 1. The number of carbonyl (C=O) groups excluding carboxylic acids is 1. The molecule has 0 saturated carbocycles. The molecule has 0 fully saturated rings. The van der Waals surface area contributed by atoms with Crippen molar-refractivity contribution in [3.63, 3.8) is 0 Å². The molecule has 0 aliphatic carbocycles. The van der Waals surface area contributed by atoms with E-state index in [1.807, 2.05) is 0 Å². The molecule has 1 aromatic heterocycles. The smallest absolute Gasteiger partial charge is 0.344 e. The van der Waals surface area contributed by atoms with E-state index in [1.165, 1.54) is 0 Å². The van der Waals surface area contributed by atoms with Crippen molar-refractivity contribution in [2.75, 3.05) is 5.73 Å². The second-order valence-corrected chi connectivity index (χ2v) is 2.71. The van der Waals surface area contributed by atoms with E-state index < -0.39 is 12.3 Å². The molecule has 1 aliphatic rings. The summed E-state index contributed by atoms with van der Waals surface area (Å²) in [7, 11) is 0. The molecule has 1 aliphatic heterocycles. The van der Waals surface area contributed by atoms with Crippen LogP contribution in [0.15, 0.2) is 0 Å². The molecule has 4 N–H and O–H groups in total. The van der Waals surface area contributed by atoms with Crippen LogP contribution in [0.25, 0.3) is 0 Å². The lowest BCUT2D eigenvalue weighted by atomic mass is 10.2. The van der Waals surface area contributed by atoms with E-state index in [1.54, 1.807) is 6.92 Å². The normalized spacial score (nSPS) is 20.8. The fourth-order valence-corrected chi connectivity index (χ4v) is 1.41. The predicted molar refractivity (Wildman–Crippen MR) is 40.3 cm³/mol. The van der Waals surface area contributed by atoms with Gasteiger partial charge in [0.05, 0.1) is 5.56 Å². The maximum Gasteiger partial charge on any atom is 0.344 e. The number of aryl methyl sites for hydroxylation is 1. The molecule has 12 heavy (non-hydrogen) atoms. The summed E-state index contributed by atoms with van der Waals surface area (Å²) in [5.41, 5.74) is 6.87. The largest absolute Gasteiger partial charge is 0.428 e. The van der Waals surface area contributed by atoms with Gasteiger partial charge < -0.3 is 20.6 Å². The summed E-state index contributed by atoms with van der Waals surface area (Å²) in [6.45, 7) is 1.72. The van der Waals surface area contributed by atoms with Gasteiger partial charge in [-0.25, -0.2) is 4.79 Å². The monoisotopic (exact) mass is 168 g/mol. The van der Waals surface area contributed by atoms with Crippen LogP contribution >= 0.6 is 0 Å². The number of esters is 1. The van der Waals surface area contributed by atoms with Crippen LogP contribution < -0.4 is 5.73 Å². The van der Waals surface area contributed by atoms with Gasteiger partial charge in [-0.3, -0.25) is 0 Å². The summed E-state index contributed by atoms with van der Waals surface area (Å²) >= 11 is 0. The Morgan fingerprint density at radius 3 is 2.92 bits per heavy atom. The number of ether oxygens (including phenoxy) is 1. The molecule has 0 saturated heterocycles. The number of hydrogen-bond donors (Lipinski definition) is 3. The lowest BCUT2D eigenvalue weighted by Crippen LogP contribution is -2.01. The molecular formula is C7H8N2O3. The van der Waals surface area contributed by atoms with E-state index in [9.17, 15) is 9.90 Å². The second-order valence-electron chi connectivity index (χ2n) is 2.71. The summed E-state index contributed by atoms with van der Waals surface area (Å²) in [6.07, 6.45) is -1.17. The van der Waals surface area contributed by atoms with Gasteiger partial charge in [-0.1, -0.05) is 0 Å². The van der Waals surface area contributed by atoms with Crippen LogP contribution in [0.2, 0.25) is 0 Å². The predicted octanol–water partition coefficient (Wildman–Crippen LogP) is 0.0666. The first-order valence-corrected chi connectivity index (χ1v) is 3.48. The van der Waals surface area contributed by atoms with Crippen molar-refractivity contribution in [3.05, 3.63) is 16.8 Å². The van der Waals surface area contributed by atoms with Crippen LogP contribution in [0.4, 0.5) is 5.82 Å². The number of H-pyrrole nitrogens is 1. The van der Waals surface area contributed by atoms with Crippen LogP contribution in [-0.2, 0) is 4.74 Å². The number of nitrogens with two attached hydrogens (primary N) is 1. The van der Waals surface area contributed by atoms with Crippen molar-refractivity contribution in [3.8, 4) is 0 Å². The Kier molecular flexibility index (Phi) is 1.20. The van der Waals surface area contributed by atoms with Crippen molar-refractivity contribution in [1.82, 2.24) is 4.98 Å². The van der Waals surface area contributed by atoms with Gasteiger partial charge in [-0.15, -0.1) is 0 Å². The molecule has 0 radical (unpaired) electrons. The molecule has 2 heterocycles. The van der Waals surface area contributed by atoms with Gasteiger partial charge in [-0.2, -0.15) is 0 Å². The van der Waals surface area contributed by atoms with Gasteiger partial charge in [0.15, 0.2) is 0 Å². The van der Waals surface area contributed by atoms with E-state index in [4.69, 9.17) is 5.73 Å². The lowest BCUT2D eigenvalue weighted by molar-refractivity contribution is -0.0552. The van der Waals surface area contributed by atoms with Crippen LogP contribution in [0.3, 0.4) is 0 Å². The van der Waals surface area contributed by atoms with E-state index in [0.29, 0.717) is 11.3 Å². The van der Waals surface area contributed by atoms with Crippen LogP contribution in [0.1, 0.15) is 27.9 Å². The number of nitrogen functional groups attached to an aromatic ring is 1. The van der Waals surface area contributed by atoms with Crippen molar-refractivity contribution in [2.45, 2.75) is 13.2 Å². The van der Waals surface area contributed by atoms with Crippen LogP contribution in [-0.4, -0.2) is 16.1 Å². The Balaban J connectivity index is 2.69. The molecule has 0 bridgehead atoms. The number of rotatable bonds is 0. The minimum atomic E-state index is -1.17. The number of carbonyl (C=O) groups is 1. The number of aromatic nitrogens is 1. The molecule has 2 rings (SSSR count). The molecular weight excluding hydrogens is 160 g/mol. The van der Waals surface area contributed by atoms with E-state index in [0.717, 1.165) is 0 Å². The minimum absolute atomic E-state index is 0.254. The van der Waals surface area contributed by atoms with Gasteiger partial charge >= 0.3 is 5.97 Å². The second kappa shape index (κ2) is 2.01. The molecule has 1 aromatic rings. The molecule has 1 atom stereocenters. The quantitative estimate of drug-likeness (QED) is 0.478. The van der Waals surface area contributed by atoms with E-state index >= 15 is 0 Å². The SMILES string of the molecule is Cc1[nH]c(N)c2c1C(O)OC2=O. The van der Waals surface area contributed by atoms with Crippen LogP contribution in [0, 0.1) is 6.92 Å². The highest BCUT2D eigenvalue weighted by Gasteiger charge is 2.35. The molecule has 1 unspecified atom stereocenters. The third-order valence-corrected chi connectivity index (χ3v) is 1.93. The molecule has 0 spiro atoms. The fourth-order valence-electron chi connectivity index (χ4n) is 1.41. The zero-order valence-corrected chi connectivity index (χ0v) is 6.42.